The Hall–Kier alpha value is -2.50. The summed E-state index contributed by atoms with van der Waals surface area (Å²) in [6, 6.07) is 17.7. The van der Waals surface area contributed by atoms with Crippen LogP contribution in [-0.2, 0) is 12.3 Å². The number of nitrogens with one attached hydrogen (secondary N) is 1. The van der Waals surface area contributed by atoms with Gasteiger partial charge >= 0.3 is 0 Å². The summed E-state index contributed by atoms with van der Waals surface area (Å²) in [6.45, 7) is 2.53. The molecule has 0 aliphatic rings. The summed E-state index contributed by atoms with van der Waals surface area (Å²) in [5, 5.41) is 1.44. The molecule has 0 unspecified atom stereocenters. The van der Waals surface area contributed by atoms with Gasteiger partial charge in [0.1, 0.15) is 11.0 Å². The minimum atomic E-state index is -0.0386. The van der Waals surface area contributed by atoms with Gasteiger partial charge in [0.05, 0.1) is 0 Å². The molecule has 2 aromatic carbocycles. The first kappa shape index (κ1) is 17.9. The summed E-state index contributed by atoms with van der Waals surface area (Å²) in [5.74, 6) is 0.722. The Kier molecular flexibility index (Phi) is 5.05. The highest BCUT2D eigenvalue weighted by molar-refractivity contribution is 7.98. The number of H-pyrrole nitrogens is 1. The average Bonchev–Trinajstić information content (AvgIpc) is 3.12. The highest BCUT2D eigenvalue weighted by Crippen LogP contribution is 2.28. The predicted molar refractivity (Wildman–Crippen MR) is 112 cm³/mol. The second-order valence-corrected chi connectivity index (χ2v) is 7.53. The highest BCUT2D eigenvalue weighted by Gasteiger charge is 2.16. The Balaban J connectivity index is 1.77. The summed E-state index contributed by atoms with van der Waals surface area (Å²) in [7, 11) is 0. The molecule has 6 heteroatoms. The van der Waals surface area contributed by atoms with E-state index < -0.39 is 0 Å². The minimum Gasteiger partial charge on any atom is -0.355 e. The third-order valence-electron chi connectivity index (χ3n) is 4.43. The molecule has 0 amide bonds. The van der Waals surface area contributed by atoms with Crippen LogP contribution in [0.5, 0.6) is 0 Å². The van der Waals surface area contributed by atoms with Crippen LogP contribution in [0.25, 0.3) is 22.2 Å². The van der Waals surface area contributed by atoms with E-state index >= 15 is 0 Å². The zero-order valence-electron chi connectivity index (χ0n) is 14.8. The lowest BCUT2D eigenvalue weighted by atomic mass is 10.1. The Bertz CT molecular complexity index is 1130. The lowest BCUT2D eigenvalue weighted by molar-refractivity contribution is 0.633. The Morgan fingerprint density at radius 2 is 1.85 bits per heavy atom. The van der Waals surface area contributed by atoms with Gasteiger partial charge in [-0.3, -0.25) is 9.36 Å². The maximum Gasteiger partial charge on any atom is 0.278 e. The topological polar surface area (TPSA) is 50.7 Å². The number of hydrogen-bond donors (Lipinski definition) is 1. The van der Waals surface area contributed by atoms with Crippen molar-refractivity contribution in [3.05, 3.63) is 81.7 Å². The van der Waals surface area contributed by atoms with Crippen LogP contribution in [0, 0.1) is 0 Å². The molecule has 4 aromatic rings. The molecule has 0 aliphatic carbocycles. The van der Waals surface area contributed by atoms with Crippen molar-refractivity contribution in [3.8, 4) is 11.1 Å². The first-order valence-electron chi connectivity index (χ1n) is 8.72. The van der Waals surface area contributed by atoms with Gasteiger partial charge in [-0.05, 0) is 30.2 Å². The molecule has 136 valence electrons. The molecule has 0 radical (unpaired) electrons. The van der Waals surface area contributed by atoms with Gasteiger partial charge in [0.25, 0.3) is 5.56 Å². The number of aromatic amines is 1. The van der Waals surface area contributed by atoms with Crippen LogP contribution in [0.1, 0.15) is 12.5 Å². The number of benzene rings is 2. The maximum absolute atomic E-state index is 12.9. The average molecular weight is 396 g/mol. The number of fused-ring (bicyclic) bond motifs is 1. The SMILES string of the molecule is CCn1c(SCc2ccc(Cl)cc2)nc2c(-c3ccccc3)c[nH]c2c1=O. The second-order valence-electron chi connectivity index (χ2n) is 6.15. The van der Waals surface area contributed by atoms with E-state index in [0.717, 1.165) is 33.1 Å². The van der Waals surface area contributed by atoms with Crippen molar-refractivity contribution in [1.29, 1.82) is 0 Å². The van der Waals surface area contributed by atoms with Gasteiger partial charge < -0.3 is 4.98 Å². The smallest absolute Gasteiger partial charge is 0.278 e. The molecule has 0 bridgehead atoms. The van der Waals surface area contributed by atoms with E-state index in [9.17, 15) is 4.79 Å². The highest BCUT2D eigenvalue weighted by atomic mass is 35.5. The Morgan fingerprint density at radius 3 is 2.56 bits per heavy atom. The molecule has 27 heavy (non-hydrogen) atoms. The van der Waals surface area contributed by atoms with Crippen LogP contribution >= 0.6 is 23.4 Å². The van der Waals surface area contributed by atoms with Gasteiger partial charge in [-0.2, -0.15) is 0 Å². The first-order chi connectivity index (χ1) is 13.2. The number of hydrogen-bond acceptors (Lipinski definition) is 3. The van der Waals surface area contributed by atoms with E-state index in [1.165, 1.54) is 0 Å². The molecular weight excluding hydrogens is 378 g/mol. The van der Waals surface area contributed by atoms with Crippen molar-refractivity contribution in [2.45, 2.75) is 24.4 Å². The number of aromatic nitrogens is 3. The molecule has 0 atom stereocenters. The molecule has 0 saturated carbocycles. The maximum atomic E-state index is 12.9. The van der Waals surface area contributed by atoms with Gasteiger partial charge in [0.2, 0.25) is 0 Å². The summed E-state index contributed by atoms with van der Waals surface area (Å²) in [4.78, 5) is 20.9. The summed E-state index contributed by atoms with van der Waals surface area (Å²) in [5.41, 5.74) is 4.35. The number of nitrogens with zero attached hydrogens (tertiary/aromatic N) is 2. The van der Waals surface area contributed by atoms with E-state index in [1.807, 2.05) is 67.7 Å². The summed E-state index contributed by atoms with van der Waals surface area (Å²) < 4.78 is 1.72. The van der Waals surface area contributed by atoms with Crippen molar-refractivity contribution < 1.29 is 0 Å². The molecule has 0 fully saturated rings. The van der Waals surface area contributed by atoms with Gasteiger partial charge in [-0.15, -0.1) is 0 Å². The van der Waals surface area contributed by atoms with Crippen molar-refractivity contribution in [1.82, 2.24) is 14.5 Å². The second kappa shape index (κ2) is 7.62. The van der Waals surface area contributed by atoms with E-state index in [2.05, 4.69) is 4.98 Å². The van der Waals surface area contributed by atoms with Gasteiger partial charge in [-0.1, -0.05) is 65.8 Å². The lowest BCUT2D eigenvalue weighted by Gasteiger charge is -2.10. The third kappa shape index (κ3) is 3.53. The van der Waals surface area contributed by atoms with Crippen LogP contribution in [0.2, 0.25) is 5.02 Å². The van der Waals surface area contributed by atoms with Gasteiger partial charge in [0, 0.05) is 29.1 Å². The lowest BCUT2D eigenvalue weighted by Crippen LogP contribution is -2.22. The molecule has 2 heterocycles. The fraction of sp³-hybridized carbons (Fsp3) is 0.143. The van der Waals surface area contributed by atoms with Crippen molar-refractivity contribution in [2.75, 3.05) is 0 Å². The van der Waals surface area contributed by atoms with Crippen molar-refractivity contribution >= 4 is 34.4 Å². The van der Waals surface area contributed by atoms with Gasteiger partial charge in [0.15, 0.2) is 5.16 Å². The summed E-state index contributed by atoms with van der Waals surface area (Å²) in [6.07, 6.45) is 1.86. The first-order valence-corrected chi connectivity index (χ1v) is 10.1. The fourth-order valence-electron chi connectivity index (χ4n) is 3.03. The Morgan fingerprint density at radius 1 is 1.11 bits per heavy atom. The van der Waals surface area contributed by atoms with Gasteiger partial charge in [-0.25, -0.2) is 4.98 Å². The van der Waals surface area contributed by atoms with Crippen LogP contribution in [0.4, 0.5) is 0 Å². The van der Waals surface area contributed by atoms with E-state index in [4.69, 9.17) is 16.6 Å². The van der Waals surface area contributed by atoms with E-state index in [0.29, 0.717) is 17.1 Å². The molecule has 0 spiro atoms. The normalized spacial score (nSPS) is 11.2. The number of rotatable bonds is 5. The van der Waals surface area contributed by atoms with Crippen molar-refractivity contribution in [3.63, 3.8) is 0 Å². The zero-order chi connectivity index (χ0) is 18.8. The van der Waals surface area contributed by atoms with Crippen LogP contribution in [0.3, 0.4) is 0 Å². The quantitative estimate of drug-likeness (QED) is 0.365. The molecule has 0 saturated heterocycles. The largest absolute Gasteiger partial charge is 0.355 e. The van der Waals surface area contributed by atoms with Crippen LogP contribution < -0.4 is 5.56 Å². The number of halogens is 1. The minimum absolute atomic E-state index is 0.0386. The predicted octanol–water partition coefficient (Wildman–Crippen LogP) is 5.36. The molecular formula is C21H18ClN3OS. The molecule has 1 N–H and O–H groups in total. The van der Waals surface area contributed by atoms with Crippen LogP contribution in [-0.4, -0.2) is 14.5 Å². The molecule has 2 aromatic heterocycles. The molecule has 0 aliphatic heterocycles. The molecule has 4 rings (SSSR count). The third-order valence-corrected chi connectivity index (χ3v) is 5.73. The number of thioether (sulfide) groups is 1. The summed E-state index contributed by atoms with van der Waals surface area (Å²) >= 11 is 7.52. The van der Waals surface area contributed by atoms with Crippen molar-refractivity contribution in [2.24, 2.45) is 0 Å². The Labute approximate surface area is 166 Å². The zero-order valence-corrected chi connectivity index (χ0v) is 16.3. The standard InChI is InChI=1S/C21H18ClN3OS/c1-2-25-20(26)19-18(17(12-23-19)15-6-4-3-5-7-15)24-21(25)27-13-14-8-10-16(22)11-9-14/h3-12,23H,2,13H2,1H3. The van der Waals surface area contributed by atoms with Crippen LogP contribution in [0.15, 0.2) is 70.7 Å². The fourth-order valence-corrected chi connectivity index (χ4v) is 4.17. The molecule has 4 nitrogen and oxygen atoms in total. The van der Waals surface area contributed by atoms with E-state index in [-0.39, 0.29) is 5.56 Å². The van der Waals surface area contributed by atoms with E-state index in [1.54, 1.807) is 16.3 Å². The monoisotopic (exact) mass is 395 g/mol.